The first-order valence-corrected chi connectivity index (χ1v) is 5.18. The second-order valence-corrected chi connectivity index (χ2v) is 3.71. The van der Waals surface area contributed by atoms with Crippen molar-refractivity contribution in [2.24, 2.45) is 5.73 Å². The molecule has 90 valence electrons. The van der Waals surface area contributed by atoms with Gasteiger partial charge >= 0.3 is 0 Å². The summed E-state index contributed by atoms with van der Waals surface area (Å²) in [5.41, 5.74) is 6.54. The maximum Gasteiger partial charge on any atom is 0.167 e. The van der Waals surface area contributed by atoms with Gasteiger partial charge in [-0.1, -0.05) is 11.6 Å². The van der Waals surface area contributed by atoms with Gasteiger partial charge in [0.05, 0.1) is 26.4 Å². The Morgan fingerprint density at radius 1 is 1.12 bits per heavy atom. The van der Waals surface area contributed by atoms with Crippen LogP contribution in [0.25, 0.3) is 0 Å². The number of rotatable bonds is 4. The lowest BCUT2D eigenvalue weighted by molar-refractivity contribution is 0.344. The lowest BCUT2D eigenvalue weighted by Gasteiger charge is -2.18. The first kappa shape index (κ1) is 12.9. The van der Waals surface area contributed by atoms with Gasteiger partial charge in [0.15, 0.2) is 11.5 Å². The van der Waals surface area contributed by atoms with Crippen LogP contribution in [-0.2, 0) is 0 Å². The fraction of sp³-hybridized carbons (Fsp3) is 0.455. The molecule has 0 radical (unpaired) electrons. The van der Waals surface area contributed by atoms with E-state index in [4.69, 9.17) is 31.5 Å². The van der Waals surface area contributed by atoms with Crippen molar-refractivity contribution in [1.29, 1.82) is 0 Å². The SMILES string of the molecule is COc1cc(OC)c(OC)c(C(C)N)c1Cl. The summed E-state index contributed by atoms with van der Waals surface area (Å²) in [6.45, 7) is 1.82. The van der Waals surface area contributed by atoms with Crippen LogP contribution in [0.1, 0.15) is 18.5 Å². The molecule has 0 aliphatic rings. The molecule has 2 N–H and O–H groups in total. The molecule has 16 heavy (non-hydrogen) atoms. The van der Waals surface area contributed by atoms with Crippen LogP contribution >= 0.6 is 11.6 Å². The largest absolute Gasteiger partial charge is 0.495 e. The smallest absolute Gasteiger partial charge is 0.167 e. The minimum Gasteiger partial charge on any atom is -0.495 e. The summed E-state index contributed by atoms with van der Waals surface area (Å²) in [5, 5.41) is 0.454. The van der Waals surface area contributed by atoms with E-state index in [9.17, 15) is 0 Å². The summed E-state index contributed by atoms with van der Waals surface area (Å²) in [4.78, 5) is 0. The molecule has 0 amide bonds. The summed E-state index contributed by atoms with van der Waals surface area (Å²) >= 11 is 6.18. The standard InChI is InChI=1S/C11H16ClNO3/c1-6(13)9-10(12)7(14-2)5-8(15-3)11(9)16-4/h5-6H,13H2,1-4H3. The Labute approximate surface area is 100 Å². The molecule has 1 aromatic rings. The minimum atomic E-state index is -0.272. The van der Waals surface area contributed by atoms with Gasteiger partial charge < -0.3 is 19.9 Å². The zero-order chi connectivity index (χ0) is 12.3. The predicted molar refractivity (Wildman–Crippen MR) is 63.7 cm³/mol. The third kappa shape index (κ3) is 2.18. The van der Waals surface area contributed by atoms with E-state index in [-0.39, 0.29) is 6.04 Å². The summed E-state index contributed by atoms with van der Waals surface area (Å²) in [5.74, 6) is 1.62. The lowest BCUT2D eigenvalue weighted by Crippen LogP contribution is -2.09. The van der Waals surface area contributed by atoms with Gasteiger partial charge in [0.25, 0.3) is 0 Å². The van der Waals surface area contributed by atoms with Crippen LogP contribution in [0.2, 0.25) is 5.02 Å². The number of benzene rings is 1. The van der Waals surface area contributed by atoms with Gasteiger partial charge in [-0.05, 0) is 6.92 Å². The highest BCUT2D eigenvalue weighted by atomic mass is 35.5. The summed E-state index contributed by atoms with van der Waals surface area (Å²) < 4.78 is 15.6. The number of halogens is 1. The topological polar surface area (TPSA) is 53.7 Å². The molecule has 0 aliphatic carbocycles. The van der Waals surface area contributed by atoms with E-state index >= 15 is 0 Å². The molecule has 1 atom stereocenters. The Morgan fingerprint density at radius 2 is 1.69 bits per heavy atom. The van der Waals surface area contributed by atoms with Crippen molar-refractivity contribution in [3.63, 3.8) is 0 Å². The summed E-state index contributed by atoms with van der Waals surface area (Å²) in [7, 11) is 4.64. The van der Waals surface area contributed by atoms with Crippen LogP contribution < -0.4 is 19.9 Å². The second kappa shape index (κ2) is 5.27. The number of nitrogens with two attached hydrogens (primary N) is 1. The first-order valence-electron chi connectivity index (χ1n) is 4.80. The van der Waals surface area contributed by atoms with E-state index in [0.29, 0.717) is 27.8 Å². The Balaban J connectivity index is 3.51. The number of ether oxygens (including phenoxy) is 3. The highest BCUT2D eigenvalue weighted by Crippen LogP contribution is 2.44. The van der Waals surface area contributed by atoms with Gasteiger partial charge in [-0.2, -0.15) is 0 Å². The van der Waals surface area contributed by atoms with Gasteiger partial charge in [-0.15, -0.1) is 0 Å². The first-order chi connectivity index (χ1) is 7.56. The fourth-order valence-corrected chi connectivity index (χ4v) is 1.92. The molecular formula is C11H16ClNO3. The van der Waals surface area contributed by atoms with Crippen molar-refractivity contribution in [2.75, 3.05) is 21.3 Å². The Bertz CT molecular complexity index is 380. The number of hydrogen-bond donors (Lipinski definition) is 1. The van der Waals surface area contributed by atoms with Crippen LogP contribution in [0, 0.1) is 0 Å². The number of methoxy groups -OCH3 is 3. The van der Waals surface area contributed by atoms with Crippen molar-refractivity contribution < 1.29 is 14.2 Å². The minimum absolute atomic E-state index is 0.272. The van der Waals surface area contributed by atoms with Crippen molar-refractivity contribution in [1.82, 2.24) is 0 Å². The monoisotopic (exact) mass is 245 g/mol. The second-order valence-electron chi connectivity index (χ2n) is 3.33. The predicted octanol–water partition coefficient (Wildman–Crippen LogP) is 2.39. The molecule has 1 aromatic carbocycles. The quantitative estimate of drug-likeness (QED) is 0.885. The van der Waals surface area contributed by atoms with Gasteiger partial charge in [0.1, 0.15) is 5.75 Å². The van der Waals surface area contributed by atoms with Crippen LogP contribution in [0.15, 0.2) is 6.07 Å². The van der Waals surface area contributed by atoms with Crippen molar-refractivity contribution in [2.45, 2.75) is 13.0 Å². The van der Waals surface area contributed by atoms with Crippen molar-refractivity contribution in [3.8, 4) is 17.2 Å². The van der Waals surface area contributed by atoms with Gasteiger partial charge in [0.2, 0.25) is 0 Å². The highest BCUT2D eigenvalue weighted by Gasteiger charge is 2.21. The van der Waals surface area contributed by atoms with Crippen LogP contribution in [0.3, 0.4) is 0 Å². The third-order valence-corrected chi connectivity index (χ3v) is 2.67. The molecule has 0 saturated heterocycles. The van der Waals surface area contributed by atoms with Gasteiger partial charge in [0, 0.05) is 17.7 Å². The Hall–Kier alpha value is -1.13. The van der Waals surface area contributed by atoms with E-state index < -0.39 is 0 Å². The van der Waals surface area contributed by atoms with E-state index in [1.807, 2.05) is 6.92 Å². The maximum absolute atomic E-state index is 6.18. The van der Waals surface area contributed by atoms with Crippen molar-refractivity contribution in [3.05, 3.63) is 16.7 Å². The molecule has 0 bridgehead atoms. The van der Waals surface area contributed by atoms with Crippen LogP contribution in [0.4, 0.5) is 0 Å². The molecule has 5 heteroatoms. The molecule has 1 unspecified atom stereocenters. The van der Waals surface area contributed by atoms with Crippen LogP contribution in [0.5, 0.6) is 17.2 Å². The Kier molecular flexibility index (Phi) is 4.26. The molecule has 0 fully saturated rings. The molecule has 0 spiro atoms. The number of hydrogen-bond acceptors (Lipinski definition) is 4. The highest BCUT2D eigenvalue weighted by molar-refractivity contribution is 6.33. The molecule has 0 aromatic heterocycles. The van der Waals surface area contributed by atoms with E-state index in [2.05, 4.69) is 0 Å². The van der Waals surface area contributed by atoms with Gasteiger partial charge in [-0.25, -0.2) is 0 Å². The molecular weight excluding hydrogens is 230 g/mol. The fourth-order valence-electron chi connectivity index (χ4n) is 1.53. The molecule has 0 aliphatic heterocycles. The lowest BCUT2D eigenvalue weighted by atomic mass is 10.1. The normalized spacial score (nSPS) is 12.1. The summed E-state index contributed by atoms with van der Waals surface area (Å²) in [6.07, 6.45) is 0. The molecule has 0 saturated carbocycles. The van der Waals surface area contributed by atoms with E-state index in [1.54, 1.807) is 20.3 Å². The zero-order valence-electron chi connectivity index (χ0n) is 9.83. The van der Waals surface area contributed by atoms with Crippen LogP contribution in [-0.4, -0.2) is 21.3 Å². The van der Waals surface area contributed by atoms with Gasteiger partial charge in [-0.3, -0.25) is 0 Å². The molecule has 4 nitrogen and oxygen atoms in total. The maximum atomic E-state index is 6.18. The summed E-state index contributed by atoms with van der Waals surface area (Å²) in [6, 6.07) is 1.40. The van der Waals surface area contributed by atoms with Crippen molar-refractivity contribution >= 4 is 11.6 Å². The third-order valence-electron chi connectivity index (χ3n) is 2.28. The average Bonchev–Trinajstić information content (AvgIpc) is 2.27. The zero-order valence-corrected chi connectivity index (χ0v) is 10.6. The van der Waals surface area contributed by atoms with E-state index in [1.165, 1.54) is 7.11 Å². The average molecular weight is 246 g/mol. The molecule has 0 heterocycles. The van der Waals surface area contributed by atoms with E-state index in [0.717, 1.165) is 0 Å². The molecule has 1 rings (SSSR count). The Morgan fingerprint density at radius 3 is 2.06 bits per heavy atom.